The van der Waals surface area contributed by atoms with Gasteiger partial charge in [-0.25, -0.2) is 4.98 Å². The number of thiazole rings is 1. The van der Waals surface area contributed by atoms with Crippen molar-refractivity contribution in [2.45, 2.75) is 38.6 Å². The van der Waals surface area contributed by atoms with Gasteiger partial charge in [0.2, 0.25) is 0 Å². The molecule has 0 bridgehead atoms. The fourth-order valence-electron chi connectivity index (χ4n) is 4.34. The van der Waals surface area contributed by atoms with E-state index >= 15 is 0 Å². The molecule has 2 fully saturated rings. The lowest BCUT2D eigenvalue weighted by molar-refractivity contribution is 0.249. The molecule has 2 aliphatic rings. The predicted molar refractivity (Wildman–Crippen MR) is 120 cm³/mol. The number of hydrogen-bond acceptors (Lipinski definition) is 5. The number of nitriles is 1. The zero-order chi connectivity index (χ0) is 19.8. The van der Waals surface area contributed by atoms with Crippen LogP contribution in [0.3, 0.4) is 0 Å². The van der Waals surface area contributed by atoms with E-state index in [9.17, 15) is 5.26 Å². The van der Waals surface area contributed by atoms with E-state index < -0.39 is 0 Å². The van der Waals surface area contributed by atoms with Crippen LogP contribution in [0, 0.1) is 11.3 Å². The van der Waals surface area contributed by atoms with Crippen LogP contribution >= 0.6 is 11.3 Å². The fraction of sp³-hybridized carbons (Fsp3) is 0.417. The summed E-state index contributed by atoms with van der Waals surface area (Å²) < 4.78 is 1.27. The molecule has 0 amide bonds. The summed E-state index contributed by atoms with van der Waals surface area (Å²) in [5.74, 6) is 0.715. The van der Waals surface area contributed by atoms with Crippen LogP contribution in [0.4, 0.5) is 5.69 Å². The Labute approximate surface area is 176 Å². The average molecular weight is 403 g/mol. The molecule has 3 aromatic rings. The number of aromatic nitrogens is 1. The van der Waals surface area contributed by atoms with E-state index in [2.05, 4.69) is 59.2 Å². The Kier molecular flexibility index (Phi) is 4.99. The summed E-state index contributed by atoms with van der Waals surface area (Å²) in [6, 6.07) is 15.5. The summed E-state index contributed by atoms with van der Waals surface area (Å²) >= 11 is 1.80. The molecule has 2 heterocycles. The van der Waals surface area contributed by atoms with Gasteiger partial charge >= 0.3 is 0 Å². The zero-order valence-corrected chi connectivity index (χ0v) is 17.7. The number of para-hydroxylation sites is 1. The molecule has 0 unspecified atom stereocenters. The molecule has 1 saturated carbocycles. The van der Waals surface area contributed by atoms with Crippen LogP contribution < -0.4 is 4.90 Å². The lowest BCUT2D eigenvalue weighted by Gasteiger charge is -2.36. The van der Waals surface area contributed by atoms with Crippen molar-refractivity contribution in [2.75, 3.05) is 31.1 Å². The van der Waals surface area contributed by atoms with E-state index in [4.69, 9.17) is 4.98 Å². The highest BCUT2D eigenvalue weighted by molar-refractivity contribution is 7.18. The minimum absolute atomic E-state index is 0.715. The second kappa shape index (κ2) is 7.78. The minimum atomic E-state index is 0.715. The highest BCUT2D eigenvalue weighted by atomic mass is 32.1. The number of nitrogens with zero attached hydrogens (tertiary/aromatic N) is 4. The summed E-state index contributed by atoms with van der Waals surface area (Å²) in [7, 11) is 0. The maximum Gasteiger partial charge on any atom is 0.108 e. The molecular formula is C24H26N4S. The third-order valence-corrected chi connectivity index (χ3v) is 7.19. The maximum atomic E-state index is 9.83. The Bertz CT molecular complexity index is 1040. The first-order chi connectivity index (χ1) is 14.2. The van der Waals surface area contributed by atoms with Crippen molar-refractivity contribution in [3.63, 3.8) is 0 Å². The molecule has 5 rings (SSSR count). The Hall–Kier alpha value is -2.42. The summed E-state index contributed by atoms with van der Waals surface area (Å²) in [4.78, 5) is 9.71. The van der Waals surface area contributed by atoms with E-state index in [-0.39, 0.29) is 0 Å². The number of anilines is 1. The number of aryl methyl sites for hydroxylation is 1. The highest BCUT2D eigenvalue weighted by Crippen LogP contribution is 2.43. The first-order valence-electron chi connectivity index (χ1n) is 10.6. The molecular weight excluding hydrogens is 376 g/mol. The van der Waals surface area contributed by atoms with E-state index in [1.54, 1.807) is 11.3 Å². The van der Waals surface area contributed by atoms with E-state index in [1.807, 2.05) is 0 Å². The second-order valence-corrected chi connectivity index (χ2v) is 9.27. The molecule has 0 radical (unpaired) electrons. The number of fused-ring (bicyclic) bond motifs is 1. The molecule has 1 aliphatic carbocycles. The summed E-state index contributed by atoms with van der Waals surface area (Å²) in [5.41, 5.74) is 5.80. The highest BCUT2D eigenvalue weighted by Gasteiger charge is 2.27. The van der Waals surface area contributed by atoms with Gasteiger partial charge in [0.05, 0.1) is 28.0 Å². The van der Waals surface area contributed by atoms with Gasteiger partial charge in [-0.05, 0) is 54.5 Å². The van der Waals surface area contributed by atoms with Crippen molar-refractivity contribution in [2.24, 2.45) is 0 Å². The standard InChI is InChI=1S/C24H26N4S/c1-2-17-13-19(18-7-8-18)14-22(20(17)15-25)28-11-9-27(10-12-28)16-24-26-21-5-3-4-6-23(21)29-24/h3-6,13-14,18H,2,7-12,16H2,1H3. The zero-order valence-electron chi connectivity index (χ0n) is 16.9. The van der Waals surface area contributed by atoms with Gasteiger partial charge in [0, 0.05) is 26.2 Å². The summed E-state index contributed by atoms with van der Waals surface area (Å²) in [6.07, 6.45) is 3.52. The molecule has 0 atom stereocenters. The third kappa shape index (κ3) is 3.75. The molecule has 29 heavy (non-hydrogen) atoms. The molecule has 0 N–H and O–H groups in total. The normalized spacial score (nSPS) is 17.6. The van der Waals surface area contributed by atoms with Gasteiger partial charge in [0.25, 0.3) is 0 Å². The fourth-order valence-corrected chi connectivity index (χ4v) is 5.35. The lowest BCUT2D eigenvalue weighted by atomic mass is 9.97. The van der Waals surface area contributed by atoms with Crippen molar-refractivity contribution < 1.29 is 0 Å². The van der Waals surface area contributed by atoms with Crippen molar-refractivity contribution in [1.82, 2.24) is 9.88 Å². The Morgan fingerprint density at radius 1 is 1.14 bits per heavy atom. The quantitative estimate of drug-likeness (QED) is 0.607. The maximum absolute atomic E-state index is 9.83. The van der Waals surface area contributed by atoms with Crippen molar-refractivity contribution in [3.05, 3.63) is 58.1 Å². The Morgan fingerprint density at radius 3 is 2.62 bits per heavy atom. The van der Waals surface area contributed by atoms with Crippen LogP contribution in [-0.2, 0) is 13.0 Å². The SMILES string of the molecule is CCc1cc(C2CC2)cc(N2CCN(Cc3nc4ccccc4s3)CC2)c1C#N. The minimum Gasteiger partial charge on any atom is -0.368 e. The molecule has 0 spiro atoms. The number of piperazine rings is 1. The molecule has 1 aliphatic heterocycles. The predicted octanol–water partition coefficient (Wildman–Crippen LogP) is 4.93. The molecule has 5 heteroatoms. The van der Waals surface area contributed by atoms with Crippen LogP contribution in [0.1, 0.15) is 47.4 Å². The van der Waals surface area contributed by atoms with Gasteiger partial charge in [-0.2, -0.15) is 5.26 Å². The Balaban J connectivity index is 1.31. The van der Waals surface area contributed by atoms with E-state index in [1.165, 1.54) is 33.7 Å². The molecule has 1 saturated heterocycles. The molecule has 2 aromatic carbocycles. The first-order valence-corrected chi connectivity index (χ1v) is 11.5. The van der Waals surface area contributed by atoms with Crippen LogP contribution in [0.15, 0.2) is 36.4 Å². The second-order valence-electron chi connectivity index (χ2n) is 8.15. The molecule has 4 nitrogen and oxygen atoms in total. The number of rotatable bonds is 5. The smallest absolute Gasteiger partial charge is 0.108 e. The molecule has 148 valence electrons. The van der Waals surface area contributed by atoms with Crippen molar-refractivity contribution >= 4 is 27.2 Å². The summed E-state index contributed by atoms with van der Waals surface area (Å²) in [5, 5.41) is 11.0. The summed E-state index contributed by atoms with van der Waals surface area (Å²) in [6.45, 7) is 7.03. The van der Waals surface area contributed by atoms with Crippen molar-refractivity contribution in [1.29, 1.82) is 5.26 Å². The lowest BCUT2D eigenvalue weighted by Crippen LogP contribution is -2.46. The van der Waals surface area contributed by atoms with Gasteiger partial charge in [-0.3, -0.25) is 4.90 Å². The third-order valence-electron chi connectivity index (χ3n) is 6.17. The van der Waals surface area contributed by atoms with E-state index in [0.29, 0.717) is 5.92 Å². The van der Waals surface area contributed by atoms with Gasteiger partial charge in [0.1, 0.15) is 11.1 Å². The number of hydrogen-bond donors (Lipinski definition) is 0. The van der Waals surface area contributed by atoms with Crippen LogP contribution in [0.25, 0.3) is 10.2 Å². The Morgan fingerprint density at radius 2 is 1.93 bits per heavy atom. The van der Waals surface area contributed by atoms with Gasteiger partial charge in [-0.1, -0.05) is 25.1 Å². The largest absolute Gasteiger partial charge is 0.368 e. The van der Waals surface area contributed by atoms with E-state index in [0.717, 1.165) is 55.9 Å². The van der Waals surface area contributed by atoms with Gasteiger partial charge < -0.3 is 4.90 Å². The van der Waals surface area contributed by atoms with Crippen LogP contribution in [0.5, 0.6) is 0 Å². The van der Waals surface area contributed by atoms with Gasteiger partial charge in [-0.15, -0.1) is 11.3 Å². The van der Waals surface area contributed by atoms with Crippen molar-refractivity contribution in [3.8, 4) is 6.07 Å². The monoisotopic (exact) mass is 402 g/mol. The topological polar surface area (TPSA) is 43.2 Å². The first kappa shape index (κ1) is 18.6. The average Bonchev–Trinajstić information content (AvgIpc) is 3.53. The molecule has 1 aromatic heterocycles. The van der Waals surface area contributed by atoms with Gasteiger partial charge in [0.15, 0.2) is 0 Å². The van der Waals surface area contributed by atoms with Crippen LogP contribution in [-0.4, -0.2) is 36.1 Å². The van der Waals surface area contributed by atoms with Crippen LogP contribution in [0.2, 0.25) is 0 Å². The number of benzene rings is 2.